The second kappa shape index (κ2) is 6.61. The summed E-state index contributed by atoms with van der Waals surface area (Å²) in [7, 11) is 3.07. The van der Waals surface area contributed by atoms with Gasteiger partial charge in [-0.15, -0.1) is 0 Å². The van der Waals surface area contributed by atoms with E-state index in [0.29, 0.717) is 12.1 Å². The van der Waals surface area contributed by atoms with Crippen LogP contribution >= 0.6 is 0 Å². The first-order chi connectivity index (χ1) is 10.0. The first kappa shape index (κ1) is 15.4. The Labute approximate surface area is 125 Å². The Hall–Kier alpha value is -2.04. The lowest BCUT2D eigenvalue weighted by Gasteiger charge is -2.22. The molecule has 1 atom stereocenters. The maximum absolute atomic E-state index is 12.4. The summed E-state index contributed by atoms with van der Waals surface area (Å²) in [5.41, 5.74) is 2.96. The highest BCUT2D eigenvalue weighted by molar-refractivity contribution is 5.95. The number of hydrogen-bond acceptors (Lipinski definition) is 4. The molecule has 1 aromatic carbocycles. The first-order valence-electron chi connectivity index (χ1n) is 7.23. The summed E-state index contributed by atoms with van der Waals surface area (Å²) >= 11 is 0. The lowest BCUT2D eigenvalue weighted by Crippen LogP contribution is -2.34. The average molecular weight is 290 g/mol. The Bertz CT molecular complexity index is 542. The molecule has 0 radical (unpaired) electrons. The van der Waals surface area contributed by atoms with Crippen LogP contribution in [-0.4, -0.2) is 44.0 Å². The van der Waals surface area contributed by atoms with Gasteiger partial charge in [0.1, 0.15) is 0 Å². The summed E-state index contributed by atoms with van der Waals surface area (Å²) < 4.78 is 4.69. The molecule has 0 spiro atoms. The molecule has 0 saturated heterocycles. The van der Waals surface area contributed by atoms with E-state index in [0.717, 1.165) is 25.1 Å². The number of fused-ring (bicyclic) bond motifs is 1. The van der Waals surface area contributed by atoms with Crippen molar-refractivity contribution in [3.8, 4) is 0 Å². The molecule has 1 N–H and O–H groups in total. The lowest BCUT2D eigenvalue weighted by atomic mass is 10.00. The molecule has 114 valence electrons. The highest BCUT2D eigenvalue weighted by atomic mass is 16.5. The van der Waals surface area contributed by atoms with Crippen LogP contribution in [0.1, 0.15) is 29.3 Å². The topological polar surface area (TPSA) is 58.6 Å². The molecule has 2 rings (SSSR count). The van der Waals surface area contributed by atoms with Gasteiger partial charge in [0, 0.05) is 31.4 Å². The quantitative estimate of drug-likeness (QED) is 0.861. The molecule has 1 aliphatic rings. The van der Waals surface area contributed by atoms with E-state index in [2.05, 4.69) is 10.1 Å². The summed E-state index contributed by atoms with van der Waals surface area (Å²) in [6.07, 6.45) is 2.07. The molecule has 1 unspecified atom stereocenters. The predicted molar refractivity (Wildman–Crippen MR) is 81.4 cm³/mol. The highest BCUT2D eigenvalue weighted by Crippen LogP contribution is 2.23. The molecule has 0 bridgehead atoms. The van der Waals surface area contributed by atoms with Crippen LogP contribution in [0.2, 0.25) is 0 Å². The molecule has 1 aliphatic heterocycles. The van der Waals surface area contributed by atoms with Crippen LogP contribution in [0.5, 0.6) is 0 Å². The van der Waals surface area contributed by atoms with Crippen molar-refractivity contribution in [2.75, 3.05) is 32.6 Å². The second-order valence-electron chi connectivity index (χ2n) is 5.51. The van der Waals surface area contributed by atoms with E-state index < -0.39 is 0 Å². The van der Waals surface area contributed by atoms with Crippen LogP contribution in [0.3, 0.4) is 0 Å². The van der Waals surface area contributed by atoms with E-state index in [-0.39, 0.29) is 17.8 Å². The number of ether oxygens (including phenoxy) is 1. The molecule has 5 nitrogen and oxygen atoms in total. The van der Waals surface area contributed by atoms with Crippen molar-refractivity contribution in [3.05, 3.63) is 29.3 Å². The summed E-state index contributed by atoms with van der Waals surface area (Å²) in [5.74, 6) is -0.702. The minimum atomic E-state index is -0.330. The predicted octanol–water partition coefficient (Wildman–Crippen LogP) is 1.93. The molecular formula is C16H22N2O3. The van der Waals surface area contributed by atoms with Crippen LogP contribution in [0.4, 0.5) is 5.69 Å². The van der Waals surface area contributed by atoms with E-state index in [1.165, 1.54) is 12.7 Å². The largest absolute Gasteiger partial charge is 0.469 e. The minimum absolute atomic E-state index is 0.0703. The van der Waals surface area contributed by atoms with Crippen molar-refractivity contribution in [1.82, 2.24) is 4.90 Å². The third-order valence-corrected chi connectivity index (χ3v) is 3.79. The Morgan fingerprint density at radius 3 is 2.90 bits per heavy atom. The third kappa shape index (κ3) is 3.54. The number of aryl methyl sites for hydroxylation is 1. The average Bonchev–Trinajstić information content (AvgIpc) is 2.52. The van der Waals surface area contributed by atoms with Gasteiger partial charge < -0.3 is 15.0 Å². The standard InChI is InChI=1S/C16H22N2O3/c1-11(16(20)21-3)10-18(2)15(19)13-6-7-14-12(9-13)5-4-8-17-14/h6-7,9,11,17H,4-5,8,10H2,1-3H3. The Morgan fingerprint density at radius 2 is 2.19 bits per heavy atom. The van der Waals surface area contributed by atoms with Gasteiger partial charge in [0.25, 0.3) is 5.91 Å². The molecule has 1 heterocycles. The van der Waals surface area contributed by atoms with Crippen molar-refractivity contribution in [2.45, 2.75) is 19.8 Å². The number of carbonyl (C=O) groups excluding carboxylic acids is 2. The number of methoxy groups -OCH3 is 1. The highest BCUT2D eigenvalue weighted by Gasteiger charge is 2.20. The van der Waals surface area contributed by atoms with Crippen molar-refractivity contribution >= 4 is 17.6 Å². The maximum Gasteiger partial charge on any atom is 0.310 e. The molecule has 0 saturated carbocycles. The summed E-state index contributed by atoms with van der Waals surface area (Å²) in [5, 5.41) is 3.33. The maximum atomic E-state index is 12.4. The third-order valence-electron chi connectivity index (χ3n) is 3.79. The number of esters is 1. The van der Waals surface area contributed by atoms with Gasteiger partial charge in [0.15, 0.2) is 0 Å². The molecule has 21 heavy (non-hydrogen) atoms. The number of carbonyl (C=O) groups is 2. The van der Waals surface area contributed by atoms with E-state index in [1.54, 1.807) is 18.9 Å². The van der Waals surface area contributed by atoms with Crippen LogP contribution in [0, 0.1) is 5.92 Å². The fourth-order valence-corrected chi connectivity index (χ4v) is 2.60. The van der Waals surface area contributed by atoms with Gasteiger partial charge in [-0.25, -0.2) is 0 Å². The Balaban J connectivity index is 2.07. The fourth-order valence-electron chi connectivity index (χ4n) is 2.60. The number of nitrogens with one attached hydrogen (secondary N) is 1. The number of nitrogens with zero attached hydrogens (tertiary/aromatic N) is 1. The number of rotatable bonds is 4. The fraction of sp³-hybridized carbons (Fsp3) is 0.500. The summed E-state index contributed by atoms with van der Waals surface area (Å²) in [4.78, 5) is 25.4. The van der Waals surface area contributed by atoms with Crippen molar-refractivity contribution in [2.24, 2.45) is 5.92 Å². The molecule has 0 fully saturated rings. The molecular weight excluding hydrogens is 268 g/mol. The van der Waals surface area contributed by atoms with E-state index in [4.69, 9.17) is 0 Å². The van der Waals surface area contributed by atoms with Crippen molar-refractivity contribution in [1.29, 1.82) is 0 Å². The zero-order chi connectivity index (χ0) is 15.4. The zero-order valence-electron chi connectivity index (χ0n) is 12.8. The monoisotopic (exact) mass is 290 g/mol. The zero-order valence-corrected chi connectivity index (χ0v) is 12.8. The smallest absolute Gasteiger partial charge is 0.310 e. The SMILES string of the molecule is COC(=O)C(C)CN(C)C(=O)c1ccc2c(c1)CCCN2. The molecule has 0 aliphatic carbocycles. The molecule has 0 aromatic heterocycles. The van der Waals surface area contributed by atoms with Crippen LogP contribution < -0.4 is 5.32 Å². The van der Waals surface area contributed by atoms with Crippen molar-refractivity contribution < 1.29 is 14.3 Å². The van der Waals surface area contributed by atoms with Gasteiger partial charge in [0.05, 0.1) is 13.0 Å². The number of anilines is 1. The molecule has 1 amide bonds. The first-order valence-corrected chi connectivity index (χ1v) is 7.23. The molecule has 5 heteroatoms. The van der Waals surface area contributed by atoms with Crippen LogP contribution in [0.25, 0.3) is 0 Å². The van der Waals surface area contributed by atoms with Crippen molar-refractivity contribution in [3.63, 3.8) is 0 Å². The Morgan fingerprint density at radius 1 is 1.43 bits per heavy atom. The van der Waals surface area contributed by atoms with Crippen LogP contribution in [-0.2, 0) is 16.0 Å². The van der Waals surface area contributed by atoms with E-state index in [9.17, 15) is 9.59 Å². The van der Waals surface area contributed by atoms with Gasteiger partial charge >= 0.3 is 5.97 Å². The number of amides is 1. The van der Waals surface area contributed by atoms with E-state index in [1.807, 2.05) is 18.2 Å². The van der Waals surface area contributed by atoms with Gasteiger partial charge in [-0.3, -0.25) is 9.59 Å². The van der Waals surface area contributed by atoms with Crippen LogP contribution in [0.15, 0.2) is 18.2 Å². The molecule has 1 aromatic rings. The number of hydrogen-bond donors (Lipinski definition) is 1. The van der Waals surface area contributed by atoms with Gasteiger partial charge in [0.2, 0.25) is 0 Å². The minimum Gasteiger partial charge on any atom is -0.469 e. The van der Waals surface area contributed by atoms with E-state index >= 15 is 0 Å². The Kier molecular flexibility index (Phi) is 4.83. The van der Waals surface area contributed by atoms with Gasteiger partial charge in [-0.2, -0.15) is 0 Å². The van der Waals surface area contributed by atoms with Gasteiger partial charge in [-0.05, 0) is 36.6 Å². The lowest BCUT2D eigenvalue weighted by molar-refractivity contribution is -0.145. The number of benzene rings is 1. The second-order valence-corrected chi connectivity index (χ2v) is 5.51. The van der Waals surface area contributed by atoms with Gasteiger partial charge in [-0.1, -0.05) is 6.92 Å². The summed E-state index contributed by atoms with van der Waals surface area (Å²) in [6.45, 7) is 3.09. The normalized spacial score (nSPS) is 14.6. The summed E-state index contributed by atoms with van der Waals surface area (Å²) in [6, 6.07) is 5.74.